The van der Waals surface area contributed by atoms with E-state index in [1.165, 1.54) is 10.4 Å². The highest BCUT2D eigenvalue weighted by Crippen LogP contribution is 2.28. The minimum atomic E-state index is -3.70. The molecule has 1 fully saturated rings. The highest BCUT2D eigenvalue weighted by atomic mass is 35.5. The summed E-state index contributed by atoms with van der Waals surface area (Å²) in [5.41, 5.74) is 1.94. The van der Waals surface area contributed by atoms with Gasteiger partial charge in [-0.3, -0.25) is 9.59 Å². The van der Waals surface area contributed by atoms with Gasteiger partial charge in [-0.25, -0.2) is 8.42 Å². The van der Waals surface area contributed by atoms with Gasteiger partial charge < -0.3 is 10.6 Å². The predicted molar refractivity (Wildman–Crippen MR) is 116 cm³/mol. The number of nitrogens with one attached hydrogen (secondary N) is 2. The molecule has 2 N–H and O–H groups in total. The Balaban J connectivity index is 1.65. The van der Waals surface area contributed by atoms with Crippen molar-refractivity contribution in [3.63, 3.8) is 0 Å². The van der Waals surface area contributed by atoms with Gasteiger partial charge in [-0.1, -0.05) is 29.8 Å². The minimum Gasteiger partial charge on any atom is -0.346 e. The number of rotatable bonds is 5. The summed E-state index contributed by atoms with van der Waals surface area (Å²) in [6, 6.07) is 11.4. The van der Waals surface area contributed by atoms with Crippen LogP contribution in [-0.2, 0) is 19.6 Å². The van der Waals surface area contributed by atoms with Gasteiger partial charge in [0.15, 0.2) is 0 Å². The molecule has 1 aliphatic rings. The number of anilines is 1. The number of halogens is 1. The standard InChI is InChI=1S/C21H24ClN3O4S/c1-14-8-9-15(2)19(11-14)30(28,29)25-10-4-7-18(25)13-23-20(26)21(27)24-17-6-3-5-16(22)12-17/h3,5-6,8-9,11-12,18H,4,7,10,13H2,1-2H3,(H,23,26)(H,24,27)/t18-/m0/s1. The van der Waals surface area contributed by atoms with E-state index >= 15 is 0 Å². The maximum atomic E-state index is 13.2. The van der Waals surface area contributed by atoms with Crippen molar-refractivity contribution in [3.8, 4) is 0 Å². The lowest BCUT2D eigenvalue weighted by molar-refractivity contribution is -0.136. The molecule has 0 spiro atoms. The van der Waals surface area contributed by atoms with E-state index in [4.69, 9.17) is 11.6 Å². The molecular formula is C21H24ClN3O4S. The normalized spacial score (nSPS) is 17.0. The smallest absolute Gasteiger partial charge is 0.313 e. The molecule has 1 atom stereocenters. The SMILES string of the molecule is Cc1ccc(C)c(S(=O)(=O)N2CCC[C@H]2CNC(=O)C(=O)Nc2cccc(Cl)c2)c1. The summed E-state index contributed by atoms with van der Waals surface area (Å²) >= 11 is 5.87. The average molecular weight is 450 g/mol. The topological polar surface area (TPSA) is 95.6 Å². The van der Waals surface area contributed by atoms with E-state index < -0.39 is 27.9 Å². The minimum absolute atomic E-state index is 0.0614. The molecule has 2 amide bonds. The maximum Gasteiger partial charge on any atom is 0.313 e. The first-order valence-corrected chi connectivity index (χ1v) is 11.4. The van der Waals surface area contributed by atoms with Crippen molar-refractivity contribution in [2.45, 2.75) is 37.6 Å². The van der Waals surface area contributed by atoms with Gasteiger partial charge in [0.2, 0.25) is 10.0 Å². The second-order valence-corrected chi connectivity index (χ2v) is 9.65. The zero-order valence-corrected chi connectivity index (χ0v) is 18.4. The lowest BCUT2D eigenvalue weighted by atomic mass is 10.2. The number of hydrogen-bond donors (Lipinski definition) is 2. The van der Waals surface area contributed by atoms with Crippen molar-refractivity contribution >= 4 is 39.1 Å². The number of nitrogens with zero attached hydrogens (tertiary/aromatic N) is 1. The van der Waals surface area contributed by atoms with E-state index in [0.29, 0.717) is 35.7 Å². The van der Waals surface area contributed by atoms with Crippen LogP contribution in [0.25, 0.3) is 0 Å². The second-order valence-electron chi connectivity index (χ2n) is 7.36. The highest BCUT2D eigenvalue weighted by molar-refractivity contribution is 7.89. The Bertz CT molecular complexity index is 1070. The Morgan fingerprint density at radius 3 is 2.63 bits per heavy atom. The van der Waals surface area contributed by atoms with Crippen molar-refractivity contribution in [2.75, 3.05) is 18.4 Å². The maximum absolute atomic E-state index is 13.2. The number of hydrogen-bond acceptors (Lipinski definition) is 4. The Morgan fingerprint density at radius 1 is 1.13 bits per heavy atom. The van der Waals surface area contributed by atoms with Crippen molar-refractivity contribution in [2.24, 2.45) is 0 Å². The summed E-state index contributed by atoms with van der Waals surface area (Å²) in [7, 11) is -3.70. The van der Waals surface area contributed by atoms with Crippen LogP contribution in [0.5, 0.6) is 0 Å². The van der Waals surface area contributed by atoms with Gasteiger partial charge in [-0.05, 0) is 62.1 Å². The summed E-state index contributed by atoms with van der Waals surface area (Å²) in [6.07, 6.45) is 1.31. The molecule has 9 heteroatoms. The van der Waals surface area contributed by atoms with E-state index in [-0.39, 0.29) is 11.4 Å². The lowest BCUT2D eigenvalue weighted by Crippen LogP contribution is -2.45. The summed E-state index contributed by atoms with van der Waals surface area (Å²) < 4.78 is 27.8. The van der Waals surface area contributed by atoms with Crippen LogP contribution >= 0.6 is 11.6 Å². The molecule has 3 rings (SSSR count). The molecule has 0 bridgehead atoms. The largest absolute Gasteiger partial charge is 0.346 e. The van der Waals surface area contributed by atoms with Crippen LogP contribution < -0.4 is 10.6 Å². The average Bonchev–Trinajstić information content (AvgIpc) is 3.17. The van der Waals surface area contributed by atoms with E-state index in [2.05, 4.69) is 10.6 Å². The molecule has 0 unspecified atom stereocenters. The molecule has 160 valence electrons. The third kappa shape index (κ3) is 5.00. The van der Waals surface area contributed by atoms with Crippen LogP contribution in [0.15, 0.2) is 47.4 Å². The van der Waals surface area contributed by atoms with Crippen LogP contribution in [0.1, 0.15) is 24.0 Å². The first-order chi connectivity index (χ1) is 14.2. The van der Waals surface area contributed by atoms with Gasteiger partial charge >= 0.3 is 11.8 Å². The number of sulfonamides is 1. The number of aryl methyl sites for hydroxylation is 2. The molecule has 30 heavy (non-hydrogen) atoms. The van der Waals surface area contributed by atoms with Crippen LogP contribution in [0, 0.1) is 13.8 Å². The summed E-state index contributed by atoms with van der Waals surface area (Å²) in [6.45, 7) is 4.05. The van der Waals surface area contributed by atoms with E-state index in [1.807, 2.05) is 13.0 Å². The molecule has 1 saturated heterocycles. The fourth-order valence-corrected chi connectivity index (χ4v) is 5.68. The zero-order chi connectivity index (χ0) is 21.9. The van der Waals surface area contributed by atoms with Crippen molar-refractivity contribution in [1.82, 2.24) is 9.62 Å². The fraction of sp³-hybridized carbons (Fsp3) is 0.333. The Labute approximate surface area is 181 Å². The number of amides is 2. The van der Waals surface area contributed by atoms with Crippen molar-refractivity contribution in [3.05, 3.63) is 58.6 Å². The van der Waals surface area contributed by atoms with E-state index in [1.54, 1.807) is 37.3 Å². The third-order valence-corrected chi connectivity index (χ3v) is 7.37. The van der Waals surface area contributed by atoms with Gasteiger partial charge in [0.05, 0.1) is 4.90 Å². The quantitative estimate of drug-likeness (QED) is 0.686. The van der Waals surface area contributed by atoms with Crippen LogP contribution in [-0.4, -0.2) is 43.7 Å². The molecule has 2 aromatic carbocycles. The zero-order valence-electron chi connectivity index (χ0n) is 16.8. The van der Waals surface area contributed by atoms with Crippen LogP contribution in [0.4, 0.5) is 5.69 Å². The first kappa shape index (κ1) is 22.3. The first-order valence-electron chi connectivity index (χ1n) is 9.62. The summed E-state index contributed by atoms with van der Waals surface area (Å²) in [5, 5.41) is 5.46. The van der Waals surface area contributed by atoms with Gasteiger partial charge in [0, 0.05) is 29.8 Å². The van der Waals surface area contributed by atoms with Crippen molar-refractivity contribution in [1.29, 1.82) is 0 Å². The molecule has 1 heterocycles. The van der Waals surface area contributed by atoms with E-state index in [9.17, 15) is 18.0 Å². The second kappa shape index (κ2) is 9.16. The Morgan fingerprint density at radius 2 is 1.90 bits per heavy atom. The summed E-state index contributed by atoms with van der Waals surface area (Å²) in [4.78, 5) is 24.6. The van der Waals surface area contributed by atoms with Gasteiger partial charge in [0.25, 0.3) is 0 Å². The number of benzene rings is 2. The molecule has 0 radical (unpaired) electrons. The Hall–Kier alpha value is -2.42. The Kier molecular flexibility index (Phi) is 6.80. The number of carbonyl (C=O) groups excluding carboxylic acids is 2. The highest BCUT2D eigenvalue weighted by Gasteiger charge is 2.36. The molecule has 2 aromatic rings. The summed E-state index contributed by atoms with van der Waals surface area (Å²) in [5.74, 6) is -1.66. The van der Waals surface area contributed by atoms with Crippen LogP contribution in [0.2, 0.25) is 5.02 Å². The van der Waals surface area contributed by atoms with Gasteiger partial charge in [-0.15, -0.1) is 0 Å². The van der Waals surface area contributed by atoms with Crippen molar-refractivity contribution < 1.29 is 18.0 Å². The predicted octanol–water partition coefficient (Wildman–Crippen LogP) is 2.86. The number of carbonyl (C=O) groups is 2. The molecule has 0 saturated carbocycles. The third-order valence-electron chi connectivity index (χ3n) is 5.04. The molecule has 1 aliphatic heterocycles. The molecular weight excluding hydrogens is 426 g/mol. The van der Waals surface area contributed by atoms with Gasteiger partial charge in [-0.2, -0.15) is 4.31 Å². The molecule has 0 aromatic heterocycles. The molecule has 0 aliphatic carbocycles. The lowest BCUT2D eigenvalue weighted by Gasteiger charge is -2.25. The van der Waals surface area contributed by atoms with E-state index in [0.717, 1.165) is 5.56 Å². The fourth-order valence-electron chi connectivity index (χ4n) is 3.49. The van der Waals surface area contributed by atoms with Crippen LogP contribution in [0.3, 0.4) is 0 Å². The monoisotopic (exact) mass is 449 g/mol. The van der Waals surface area contributed by atoms with Gasteiger partial charge in [0.1, 0.15) is 0 Å². The molecule has 7 nitrogen and oxygen atoms in total.